The van der Waals surface area contributed by atoms with E-state index in [9.17, 15) is 18.9 Å². The number of aliphatic imine (C=N–C) groups is 1. The van der Waals surface area contributed by atoms with Gasteiger partial charge in [0.15, 0.2) is 5.96 Å². The summed E-state index contributed by atoms with van der Waals surface area (Å²) in [5.74, 6) is -1.93. The largest absolute Gasteiger partial charge is 0.466 e. The number of hydrogen-bond acceptors (Lipinski definition) is 8. The summed E-state index contributed by atoms with van der Waals surface area (Å²) in [6.07, 6.45) is 0.851. The Morgan fingerprint density at radius 2 is 1.71 bits per heavy atom. The van der Waals surface area contributed by atoms with Gasteiger partial charge < -0.3 is 36.1 Å². The number of rotatable bonds is 20. The van der Waals surface area contributed by atoms with Crippen molar-refractivity contribution in [3.63, 3.8) is 0 Å². The van der Waals surface area contributed by atoms with E-state index in [0.29, 0.717) is 38.3 Å². The van der Waals surface area contributed by atoms with E-state index in [1.807, 2.05) is 6.92 Å². The molecule has 214 valence electrons. The number of amides is 2. The maximum atomic E-state index is 14.2. The Bertz CT molecular complexity index is 926. The molecule has 0 aliphatic heterocycles. The van der Waals surface area contributed by atoms with Gasteiger partial charge in [0.25, 0.3) is 7.37 Å². The van der Waals surface area contributed by atoms with Gasteiger partial charge in [0.2, 0.25) is 11.8 Å². The Morgan fingerprint density at radius 3 is 2.37 bits per heavy atom. The van der Waals surface area contributed by atoms with Crippen LogP contribution in [0.1, 0.15) is 52.4 Å². The molecule has 0 radical (unpaired) electrons. The Kier molecular flexibility index (Phi) is 16.5. The van der Waals surface area contributed by atoms with Gasteiger partial charge in [-0.05, 0) is 45.2 Å². The van der Waals surface area contributed by atoms with Crippen molar-refractivity contribution in [3.05, 3.63) is 30.3 Å². The molecule has 0 aliphatic carbocycles. The van der Waals surface area contributed by atoms with Gasteiger partial charge in [0.05, 0.1) is 13.0 Å². The van der Waals surface area contributed by atoms with Crippen LogP contribution in [0.25, 0.3) is 0 Å². The van der Waals surface area contributed by atoms with E-state index in [0.717, 1.165) is 0 Å². The van der Waals surface area contributed by atoms with Gasteiger partial charge in [0, 0.05) is 45.3 Å². The van der Waals surface area contributed by atoms with E-state index in [2.05, 4.69) is 15.6 Å². The van der Waals surface area contributed by atoms with E-state index in [4.69, 9.17) is 25.5 Å². The molecule has 2 atom stereocenters. The summed E-state index contributed by atoms with van der Waals surface area (Å²) < 4.78 is 30.4. The number of nitrogens with one attached hydrogen (secondary N) is 2. The molecule has 0 unspecified atom stereocenters. The summed E-state index contributed by atoms with van der Waals surface area (Å²) in [6.45, 7) is 5.62. The minimum atomic E-state index is -3.68. The van der Waals surface area contributed by atoms with Crippen LogP contribution in [0.5, 0.6) is 5.75 Å². The van der Waals surface area contributed by atoms with Crippen LogP contribution in [0.15, 0.2) is 35.3 Å². The lowest BCUT2D eigenvalue weighted by atomic mass is 10.2. The topological polar surface area (TPSA) is 184 Å². The second-order valence-corrected chi connectivity index (χ2v) is 11.0. The zero-order chi connectivity index (χ0) is 28.2. The van der Waals surface area contributed by atoms with Gasteiger partial charge in [-0.1, -0.05) is 18.2 Å². The number of nitrogens with two attached hydrogens (primary N) is 2. The van der Waals surface area contributed by atoms with E-state index in [1.165, 1.54) is 0 Å². The molecule has 0 aromatic heterocycles. The third kappa shape index (κ3) is 14.6. The molecule has 12 nitrogen and oxygen atoms in total. The van der Waals surface area contributed by atoms with Crippen molar-refractivity contribution in [1.82, 2.24) is 10.6 Å². The van der Waals surface area contributed by atoms with Crippen LogP contribution in [0.4, 0.5) is 0 Å². The van der Waals surface area contributed by atoms with Gasteiger partial charge >= 0.3 is 5.97 Å². The molecule has 0 saturated carbocycles. The molecular formula is C25H42N5O7P. The number of nitrogens with zero attached hydrogens (tertiary/aromatic N) is 1. The fourth-order valence-electron chi connectivity index (χ4n) is 3.38. The summed E-state index contributed by atoms with van der Waals surface area (Å²) in [4.78, 5) is 40.9. The third-order valence-corrected chi connectivity index (χ3v) is 7.94. The molecule has 0 heterocycles. The Balaban J connectivity index is 2.94. The molecule has 1 aromatic carbocycles. The minimum absolute atomic E-state index is 0.0339. The third-order valence-electron chi connectivity index (χ3n) is 5.24. The lowest BCUT2D eigenvalue weighted by Gasteiger charge is -2.29. The maximum Gasteiger partial charge on any atom is 0.306 e. The fraction of sp³-hybridized carbons (Fsp3) is 0.600. The number of carbonyl (C=O) groups is 3. The molecule has 38 heavy (non-hydrogen) atoms. The highest BCUT2D eigenvalue weighted by atomic mass is 31.2. The van der Waals surface area contributed by atoms with E-state index < -0.39 is 25.0 Å². The lowest BCUT2D eigenvalue weighted by molar-refractivity contribution is -0.142. The van der Waals surface area contributed by atoms with Gasteiger partial charge in [-0.2, -0.15) is 0 Å². The zero-order valence-electron chi connectivity index (χ0n) is 22.4. The van der Waals surface area contributed by atoms with Crippen LogP contribution < -0.4 is 26.6 Å². The smallest absolute Gasteiger partial charge is 0.306 e. The van der Waals surface area contributed by atoms with Crippen LogP contribution in [-0.2, 0) is 28.4 Å². The van der Waals surface area contributed by atoms with Crippen LogP contribution in [0.3, 0.4) is 0 Å². The average molecular weight is 556 g/mol. The standard InChI is InChI=1S/C25H42N5O7P/c1-3-35-18-9-17-28-21(31)13-14-22(32)30-23(12-8-16-29-25(26)27)38(34,19-15-24(33)36-4-2)37-20-10-6-5-7-11-20/h5-7,10-11,23H,3-4,8-9,12-19H2,1-2H3,(H,28,31)(H,30,32)(H4,26,27,29)/t23-,38-/m1/s1. The van der Waals surface area contributed by atoms with E-state index >= 15 is 0 Å². The summed E-state index contributed by atoms with van der Waals surface area (Å²) in [5, 5.41) is 5.51. The average Bonchev–Trinajstić information content (AvgIpc) is 2.88. The number of carbonyl (C=O) groups excluding carboxylic acids is 3. The fourth-order valence-corrected chi connectivity index (χ4v) is 5.80. The minimum Gasteiger partial charge on any atom is -0.466 e. The summed E-state index contributed by atoms with van der Waals surface area (Å²) in [7, 11) is -3.68. The molecule has 13 heteroatoms. The van der Waals surface area contributed by atoms with Crippen molar-refractivity contribution < 1.29 is 32.9 Å². The number of guanidine groups is 1. The second kappa shape index (κ2) is 19.0. The number of ether oxygens (including phenoxy) is 2. The highest BCUT2D eigenvalue weighted by Gasteiger charge is 2.37. The molecule has 0 aliphatic rings. The Morgan fingerprint density at radius 1 is 1.00 bits per heavy atom. The van der Waals surface area contributed by atoms with Crippen LogP contribution in [0, 0.1) is 0 Å². The summed E-state index contributed by atoms with van der Waals surface area (Å²) >= 11 is 0. The van der Waals surface area contributed by atoms with Crippen LogP contribution in [0.2, 0.25) is 0 Å². The lowest BCUT2D eigenvalue weighted by Crippen LogP contribution is -2.38. The Labute approximate surface area is 224 Å². The molecule has 0 bridgehead atoms. The molecule has 1 rings (SSSR count). The van der Waals surface area contributed by atoms with Gasteiger partial charge in [-0.3, -0.25) is 23.9 Å². The van der Waals surface area contributed by atoms with E-state index in [1.54, 1.807) is 37.3 Å². The summed E-state index contributed by atoms with van der Waals surface area (Å²) in [6, 6.07) is 8.53. The normalized spacial score (nSPS) is 13.0. The van der Waals surface area contributed by atoms with Gasteiger partial charge in [0.1, 0.15) is 11.5 Å². The van der Waals surface area contributed by atoms with Crippen LogP contribution >= 0.6 is 7.37 Å². The number of para-hydroxylation sites is 1. The predicted molar refractivity (Wildman–Crippen MR) is 146 cm³/mol. The number of benzene rings is 1. The molecule has 1 aromatic rings. The van der Waals surface area contributed by atoms with Crippen molar-refractivity contribution in [2.24, 2.45) is 16.5 Å². The molecular weight excluding hydrogens is 513 g/mol. The summed E-state index contributed by atoms with van der Waals surface area (Å²) in [5.41, 5.74) is 10.8. The van der Waals surface area contributed by atoms with Crippen molar-refractivity contribution in [2.45, 2.75) is 58.2 Å². The quantitative estimate of drug-likeness (QED) is 0.0615. The van der Waals surface area contributed by atoms with Gasteiger partial charge in [-0.25, -0.2) is 0 Å². The van der Waals surface area contributed by atoms with E-state index in [-0.39, 0.29) is 56.9 Å². The first kappa shape index (κ1) is 32.9. The second-order valence-electron chi connectivity index (χ2n) is 8.34. The van der Waals surface area contributed by atoms with Crippen LogP contribution in [-0.4, -0.2) is 68.6 Å². The maximum absolute atomic E-state index is 14.2. The predicted octanol–water partition coefficient (Wildman–Crippen LogP) is 2.12. The highest BCUT2D eigenvalue weighted by Crippen LogP contribution is 2.53. The molecule has 6 N–H and O–H groups in total. The molecule has 0 spiro atoms. The SMILES string of the molecule is CCOCCCNC(=O)CCC(=O)N[C@@H](CCCN=C(N)N)[P@@](=O)(CCC(=O)OCC)Oc1ccccc1. The Hall–Kier alpha value is -3.11. The molecule has 2 amide bonds. The molecule has 0 fully saturated rings. The van der Waals surface area contributed by atoms with Crippen molar-refractivity contribution in [2.75, 3.05) is 39.1 Å². The van der Waals surface area contributed by atoms with Crippen molar-refractivity contribution in [1.29, 1.82) is 0 Å². The zero-order valence-corrected chi connectivity index (χ0v) is 23.3. The van der Waals surface area contributed by atoms with Crippen molar-refractivity contribution in [3.8, 4) is 5.75 Å². The molecule has 0 saturated heterocycles. The number of hydrogen-bond donors (Lipinski definition) is 4. The number of esters is 1. The monoisotopic (exact) mass is 555 g/mol. The first-order chi connectivity index (χ1) is 18.2. The first-order valence-corrected chi connectivity index (χ1v) is 14.8. The highest BCUT2D eigenvalue weighted by molar-refractivity contribution is 7.60. The van der Waals surface area contributed by atoms with Crippen molar-refractivity contribution >= 4 is 31.1 Å². The first-order valence-electron chi connectivity index (χ1n) is 12.9. The van der Waals surface area contributed by atoms with Gasteiger partial charge in [-0.15, -0.1) is 0 Å².